The highest BCUT2D eigenvalue weighted by atomic mass is 32.2. The number of amides is 1. The van der Waals surface area contributed by atoms with Gasteiger partial charge >= 0.3 is 0 Å². The molecule has 8 heteroatoms. The van der Waals surface area contributed by atoms with Crippen molar-refractivity contribution < 1.29 is 13.2 Å². The SMILES string of the molecule is CC(=O)Nc1ccc(S(=O)(=O)N2CCSC2c2cccnc2)cc1. The Balaban J connectivity index is 1.88. The molecule has 1 aromatic heterocycles. The average Bonchev–Trinajstić information content (AvgIpc) is 3.06. The third-order valence-electron chi connectivity index (χ3n) is 3.60. The van der Waals surface area contributed by atoms with Crippen molar-refractivity contribution in [2.45, 2.75) is 17.2 Å². The van der Waals surface area contributed by atoms with Crippen LogP contribution in [0.2, 0.25) is 0 Å². The molecule has 1 aromatic carbocycles. The van der Waals surface area contributed by atoms with Crippen LogP contribution in [0.3, 0.4) is 0 Å². The molecule has 3 rings (SSSR count). The van der Waals surface area contributed by atoms with Gasteiger partial charge in [-0.15, -0.1) is 11.8 Å². The number of anilines is 1. The molecule has 1 aliphatic heterocycles. The van der Waals surface area contributed by atoms with Crippen LogP contribution in [0, 0.1) is 0 Å². The Morgan fingerprint density at radius 3 is 2.67 bits per heavy atom. The number of nitrogens with one attached hydrogen (secondary N) is 1. The number of rotatable bonds is 4. The van der Waals surface area contributed by atoms with Crippen molar-refractivity contribution in [3.63, 3.8) is 0 Å². The lowest BCUT2D eigenvalue weighted by molar-refractivity contribution is -0.114. The molecule has 1 atom stereocenters. The van der Waals surface area contributed by atoms with Gasteiger partial charge in [-0.05, 0) is 35.9 Å². The second kappa shape index (κ2) is 6.92. The van der Waals surface area contributed by atoms with E-state index >= 15 is 0 Å². The van der Waals surface area contributed by atoms with Crippen LogP contribution in [0.25, 0.3) is 0 Å². The van der Waals surface area contributed by atoms with Gasteiger partial charge in [-0.3, -0.25) is 9.78 Å². The molecule has 0 aliphatic carbocycles. The molecule has 1 unspecified atom stereocenters. The van der Waals surface area contributed by atoms with E-state index in [1.165, 1.54) is 23.4 Å². The summed E-state index contributed by atoms with van der Waals surface area (Å²) in [6, 6.07) is 9.92. The fourth-order valence-corrected chi connectivity index (χ4v) is 5.76. The molecular formula is C16H17N3O3S2. The number of pyridine rings is 1. The van der Waals surface area contributed by atoms with Crippen molar-refractivity contribution in [3.05, 3.63) is 54.4 Å². The standard InChI is InChI=1S/C16H17N3O3S2/c1-12(20)18-14-4-6-15(7-5-14)24(21,22)19-9-10-23-16(19)13-3-2-8-17-11-13/h2-8,11,16H,9-10H2,1H3,(H,18,20). The minimum atomic E-state index is -3.61. The van der Waals surface area contributed by atoms with Crippen molar-refractivity contribution >= 4 is 33.4 Å². The first-order valence-electron chi connectivity index (χ1n) is 7.39. The monoisotopic (exact) mass is 363 g/mol. The first-order chi connectivity index (χ1) is 11.5. The Bertz CT molecular complexity index is 823. The van der Waals surface area contributed by atoms with Crippen LogP contribution in [0.4, 0.5) is 5.69 Å². The van der Waals surface area contributed by atoms with E-state index in [4.69, 9.17) is 0 Å². The molecule has 1 amide bonds. The number of thioether (sulfide) groups is 1. The number of benzene rings is 1. The number of carbonyl (C=O) groups excluding carboxylic acids is 1. The lowest BCUT2D eigenvalue weighted by Crippen LogP contribution is -2.30. The van der Waals surface area contributed by atoms with Crippen molar-refractivity contribution in [1.82, 2.24) is 9.29 Å². The topological polar surface area (TPSA) is 79.4 Å². The van der Waals surface area contributed by atoms with Gasteiger partial charge in [-0.25, -0.2) is 8.42 Å². The number of hydrogen-bond acceptors (Lipinski definition) is 5. The summed E-state index contributed by atoms with van der Waals surface area (Å²) in [6.45, 7) is 1.87. The summed E-state index contributed by atoms with van der Waals surface area (Å²) < 4.78 is 27.4. The first kappa shape index (κ1) is 16.9. The summed E-state index contributed by atoms with van der Waals surface area (Å²) in [7, 11) is -3.61. The van der Waals surface area contributed by atoms with Crippen LogP contribution >= 0.6 is 11.8 Å². The molecule has 1 N–H and O–H groups in total. The highest BCUT2D eigenvalue weighted by Gasteiger charge is 2.36. The fourth-order valence-electron chi connectivity index (χ4n) is 2.53. The molecule has 24 heavy (non-hydrogen) atoms. The summed E-state index contributed by atoms with van der Waals surface area (Å²) in [5.74, 6) is 0.543. The molecule has 0 spiro atoms. The molecule has 1 aliphatic rings. The normalized spacial score (nSPS) is 18.5. The quantitative estimate of drug-likeness (QED) is 0.903. The molecule has 6 nitrogen and oxygen atoms in total. The summed E-state index contributed by atoms with van der Waals surface area (Å²) in [4.78, 5) is 15.4. The van der Waals surface area contributed by atoms with Crippen molar-refractivity contribution in [2.24, 2.45) is 0 Å². The van der Waals surface area contributed by atoms with Gasteiger partial charge in [0.2, 0.25) is 15.9 Å². The maximum Gasteiger partial charge on any atom is 0.244 e. The summed E-state index contributed by atoms with van der Waals surface area (Å²) in [5, 5.41) is 2.36. The Hall–Kier alpha value is -1.90. The summed E-state index contributed by atoms with van der Waals surface area (Å²) >= 11 is 1.59. The maximum atomic E-state index is 13.0. The molecule has 1 fully saturated rings. The van der Waals surface area contributed by atoms with Gasteiger partial charge in [0.05, 0.1) is 10.3 Å². The van der Waals surface area contributed by atoms with Crippen LogP contribution in [0.1, 0.15) is 17.9 Å². The summed E-state index contributed by atoms with van der Waals surface area (Å²) in [6.07, 6.45) is 3.37. The van der Waals surface area contributed by atoms with E-state index in [1.807, 2.05) is 6.07 Å². The average molecular weight is 363 g/mol. The van der Waals surface area contributed by atoms with Gasteiger partial charge in [0.15, 0.2) is 0 Å². The van der Waals surface area contributed by atoms with Crippen molar-refractivity contribution in [2.75, 3.05) is 17.6 Å². The highest BCUT2D eigenvalue weighted by molar-refractivity contribution is 8.01. The van der Waals surface area contributed by atoms with Gasteiger partial charge in [-0.1, -0.05) is 6.07 Å². The number of carbonyl (C=O) groups is 1. The maximum absolute atomic E-state index is 13.0. The fraction of sp³-hybridized carbons (Fsp3) is 0.250. The van der Waals surface area contributed by atoms with Crippen LogP contribution in [0.15, 0.2) is 53.7 Å². The number of aromatic nitrogens is 1. The van der Waals surface area contributed by atoms with Crippen LogP contribution < -0.4 is 5.32 Å². The van der Waals surface area contributed by atoms with Crippen LogP contribution in [0.5, 0.6) is 0 Å². The molecule has 1 saturated heterocycles. The Labute approximate surface area is 145 Å². The van der Waals surface area contributed by atoms with Gasteiger partial charge in [-0.2, -0.15) is 4.31 Å². The van der Waals surface area contributed by atoms with Gasteiger partial charge in [0.1, 0.15) is 0 Å². The summed E-state index contributed by atoms with van der Waals surface area (Å²) in [5.41, 5.74) is 1.44. The molecule has 0 radical (unpaired) electrons. The third kappa shape index (κ3) is 3.45. The lowest BCUT2D eigenvalue weighted by Gasteiger charge is -2.23. The van der Waals surface area contributed by atoms with Crippen molar-refractivity contribution in [1.29, 1.82) is 0 Å². The van der Waals surface area contributed by atoms with E-state index in [0.717, 1.165) is 11.3 Å². The van der Waals surface area contributed by atoms with Gasteiger partial charge in [0, 0.05) is 37.3 Å². The first-order valence-corrected chi connectivity index (χ1v) is 9.88. The largest absolute Gasteiger partial charge is 0.326 e. The Kier molecular flexibility index (Phi) is 4.88. The van der Waals surface area contributed by atoms with E-state index in [-0.39, 0.29) is 16.2 Å². The lowest BCUT2D eigenvalue weighted by atomic mass is 10.3. The van der Waals surface area contributed by atoms with Crippen LogP contribution in [-0.4, -0.2) is 35.9 Å². The minimum Gasteiger partial charge on any atom is -0.326 e. The molecule has 2 heterocycles. The van der Waals surface area contributed by atoms with Gasteiger partial charge in [0.25, 0.3) is 0 Å². The third-order valence-corrected chi connectivity index (χ3v) is 6.87. The van der Waals surface area contributed by atoms with E-state index in [2.05, 4.69) is 10.3 Å². The molecule has 2 aromatic rings. The molecule has 126 valence electrons. The predicted octanol–water partition coefficient (Wildman–Crippen LogP) is 2.48. The molecule has 0 bridgehead atoms. The van der Waals surface area contributed by atoms with Gasteiger partial charge < -0.3 is 5.32 Å². The predicted molar refractivity (Wildman–Crippen MR) is 94.1 cm³/mol. The van der Waals surface area contributed by atoms with E-state index in [1.54, 1.807) is 42.4 Å². The molecular weight excluding hydrogens is 346 g/mol. The second-order valence-corrected chi connectivity index (χ2v) is 8.41. The molecule has 0 saturated carbocycles. The Morgan fingerprint density at radius 1 is 1.29 bits per heavy atom. The Morgan fingerprint density at radius 2 is 2.04 bits per heavy atom. The zero-order valence-corrected chi connectivity index (χ0v) is 14.7. The highest BCUT2D eigenvalue weighted by Crippen LogP contribution is 2.41. The van der Waals surface area contributed by atoms with Crippen LogP contribution in [-0.2, 0) is 14.8 Å². The second-order valence-electron chi connectivity index (χ2n) is 5.33. The zero-order chi connectivity index (χ0) is 17.2. The number of hydrogen-bond donors (Lipinski definition) is 1. The van der Waals surface area contributed by atoms with E-state index < -0.39 is 10.0 Å². The minimum absolute atomic E-state index is 0.196. The van der Waals surface area contributed by atoms with E-state index in [0.29, 0.717) is 12.2 Å². The number of nitrogens with zero attached hydrogens (tertiary/aromatic N) is 2. The van der Waals surface area contributed by atoms with Crippen molar-refractivity contribution in [3.8, 4) is 0 Å². The van der Waals surface area contributed by atoms with E-state index in [9.17, 15) is 13.2 Å². The smallest absolute Gasteiger partial charge is 0.244 e. The zero-order valence-electron chi connectivity index (χ0n) is 13.0. The number of sulfonamides is 1.